The summed E-state index contributed by atoms with van der Waals surface area (Å²) >= 11 is 0. The number of benzene rings is 2. The van der Waals surface area contributed by atoms with Gasteiger partial charge in [0.15, 0.2) is 0 Å². The van der Waals surface area contributed by atoms with Crippen molar-refractivity contribution in [1.29, 1.82) is 0 Å². The van der Waals surface area contributed by atoms with E-state index in [1.807, 2.05) is 60.7 Å². The van der Waals surface area contributed by atoms with Crippen LogP contribution < -0.4 is 0 Å². The minimum Gasteiger partial charge on any atom is -0.508 e. The Kier molecular flexibility index (Phi) is 16.4. The van der Waals surface area contributed by atoms with Crippen molar-refractivity contribution in [2.24, 2.45) is 0 Å². The van der Waals surface area contributed by atoms with E-state index < -0.39 is 21.6 Å². The third kappa shape index (κ3) is 14.5. The van der Waals surface area contributed by atoms with Gasteiger partial charge in [0.2, 0.25) is 0 Å². The number of phenolic OH excluding ortho intramolecular Hbond substituents is 2. The average Bonchev–Trinajstić information content (AvgIpc) is 3.47. The fourth-order valence-electron chi connectivity index (χ4n) is 1.97. The zero-order chi connectivity index (χ0) is 22.2. The van der Waals surface area contributed by atoms with Crippen LogP contribution in [0.3, 0.4) is 0 Å². The first-order chi connectivity index (χ1) is 14.4. The predicted molar refractivity (Wildman–Crippen MR) is 125 cm³/mol. The van der Waals surface area contributed by atoms with Crippen LogP contribution in [0.4, 0.5) is 0 Å². The topological polar surface area (TPSA) is 74.6 Å². The summed E-state index contributed by atoms with van der Waals surface area (Å²) in [7, 11) is -2.00. The summed E-state index contributed by atoms with van der Waals surface area (Å²) in [6.45, 7) is 0. The maximum Gasteiger partial charge on any atom is 2.00 e. The van der Waals surface area contributed by atoms with Gasteiger partial charge >= 0.3 is 26.2 Å². The molecule has 0 aliphatic rings. The van der Waals surface area contributed by atoms with Crippen LogP contribution in [0.25, 0.3) is 0 Å². The van der Waals surface area contributed by atoms with Crippen molar-refractivity contribution < 1.29 is 44.8 Å². The monoisotopic (exact) mass is 532 g/mol. The molecule has 2 unspecified atom stereocenters. The van der Waals surface area contributed by atoms with Gasteiger partial charge < -0.3 is 10.2 Å². The summed E-state index contributed by atoms with van der Waals surface area (Å²) in [5, 5.41) is 17.9. The van der Waals surface area contributed by atoms with Gasteiger partial charge in [-0.3, -0.25) is 8.42 Å². The van der Waals surface area contributed by atoms with Crippen LogP contribution in [0.1, 0.15) is 0 Å². The SMILES string of the molecule is CS(=O)c1cccc(O)c1.CS(=O)c1cccc(O)c1.[Zr+2].c1cc[cH-]c1.c1cc[cH-]c1. The molecule has 0 aliphatic heterocycles. The first-order valence-electron chi connectivity index (χ1n) is 8.98. The summed E-state index contributed by atoms with van der Waals surface area (Å²) in [5.41, 5.74) is 0. The molecule has 0 radical (unpaired) electrons. The van der Waals surface area contributed by atoms with Crippen molar-refractivity contribution in [3.8, 4) is 11.5 Å². The van der Waals surface area contributed by atoms with Gasteiger partial charge in [-0.2, -0.15) is 36.4 Å². The normalized spacial score (nSPS) is 10.9. The molecule has 7 heteroatoms. The number of hydrogen-bond acceptors (Lipinski definition) is 4. The second kappa shape index (κ2) is 17.6. The third-order valence-electron chi connectivity index (χ3n) is 3.41. The summed E-state index contributed by atoms with van der Waals surface area (Å²) in [6, 6.07) is 32.9. The molecular weight excluding hydrogens is 508 g/mol. The number of hydrogen-bond donors (Lipinski definition) is 2. The molecule has 0 bridgehead atoms. The molecule has 0 saturated heterocycles. The van der Waals surface area contributed by atoms with Gasteiger partial charge in [0.25, 0.3) is 0 Å². The first kappa shape index (κ1) is 28.9. The first-order valence-corrected chi connectivity index (χ1v) is 12.1. The van der Waals surface area contributed by atoms with Crippen molar-refractivity contribution >= 4 is 21.6 Å². The minimum atomic E-state index is -0.999. The van der Waals surface area contributed by atoms with Gasteiger partial charge in [-0.15, -0.1) is 0 Å². The second-order valence-corrected chi connectivity index (χ2v) is 8.59. The number of rotatable bonds is 2. The van der Waals surface area contributed by atoms with Crippen molar-refractivity contribution in [1.82, 2.24) is 0 Å². The Labute approximate surface area is 208 Å². The molecule has 0 aliphatic carbocycles. The molecule has 2 N–H and O–H groups in total. The molecular formula is C24H26O4S2Zr. The Hall–Kier alpha value is -2.08. The van der Waals surface area contributed by atoms with Crippen LogP contribution in [0.5, 0.6) is 11.5 Å². The molecule has 0 heterocycles. The van der Waals surface area contributed by atoms with E-state index >= 15 is 0 Å². The van der Waals surface area contributed by atoms with Gasteiger partial charge in [-0.1, -0.05) is 12.1 Å². The molecule has 0 saturated carbocycles. The Balaban J connectivity index is 0.000000401. The average molecular weight is 534 g/mol. The minimum absolute atomic E-state index is 0. The van der Waals surface area contributed by atoms with Crippen LogP contribution in [0.15, 0.2) is 119 Å². The maximum atomic E-state index is 10.8. The molecule has 0 spiro atoms. The summed E-state index contributed by atoms with van der Waals surface area (Å²) in [6.07, 6.45) is 3.16. The summed E-state index contributed by atoms with van der Waals surface area (Å²) in [4.78, 5) is 1.31. The second-order valence-electron chi connectivity index (χ2n) is 5.83. The molecule has 2 atom stereocenters. The number of phenols is 2. The molecule has 162 valence electrons. The fourth-order valence-corrected chi connectivity index (χ4v) is 3.08. The molecule has 4 rings (SSSR count). The Morgan fingerprint density at radius 1 is 0.613 bits per heavy atom. The van der Waals surface area contributed by atoms with Crippen molar-refractivity contribution in [2.75, 3.05) is 12.5 Å². The maximum absolute atomic E-state index is 10.8. The Bertz CT molecular complexity index is 868. The van der Waals surface area contributed by atoms with Crippen LogP contribution in [0, 0.1) is 0 Å². The van der Waals surface area contributed by atoms with E-state index in [0.29, 0.717) is 9.79 Å². The van der Waals surface area contributed by atoms with Crippen molar-refractivity contribution in [3.63, 3.8) is 0 Å². The Morgan fingerprint density at radius 3 is 1.10 bits per heavy atom. The van der Waals surface area contributed by atoms with Crippen LogP contribution >= 0.6 is 0 Å². The van der Waals surface area contributed by atoms with E-state index in [4.69, 9.17) is 10.2 Å². The van der Waals surface area contributed by atoms with Crippen LogP contribution in [-0.2, 0) is 47.8 Å². The van der Waals surface area contributed by atoms with Gasteiger partial charge in [-0.05, 0) is 36.4 Å². The number of aromatic hydroxyl groups is 2. The van der Waals surface area contributed by atoms with Gasteiger partial charge in [0, 0.05) is 43.9 Å². The van der Waals surface area contributed by atoms with Crippen LogP contribution in [-0.4, -0.2) is 31.1 Å². The fraction of sp³-hybridized carbons (Fsp3) is 0.0833. The van der Waals surface area contributed by atoms with E-state index in [-0.39, 0.29) is 37.7 Å². The molecule has 4 aromatic carbocycles. The molecule has 0 fully saturated rings. The molecule has 0 amide bonds. The van der Waals surface area contributed by atoms with Gasteiger partial charge in [0.05, 0.1) is 0 Å². The predicted octanol–water partition coefficient (Wildman–Crippen LogP) is 5.07. The van der Waals surface area contributed by atoms with Gasteiger partial charge in [-0.25, -0.2) is 24.3 Å². The standard InChI is InChI=1S/2C7H8O2S.2C5H5.Zr/c2*1-10(9)7-4-2-3-6(8)5-7;2*1-2-4-5-3-1;/h2*2-5,8H,1H3;2*1-5H;/q;;2*-1;+2. The van der Waals surface area contributed by atoms with Crippen molar-refractivity contribution in [3.05, 3.63) is 109 Å². The van der Waals surface area contributed by atoms with Crippen LogP contribution in [0.2, 0.25) is 0 Å². The molecule has 4 aromatic rings. The molecule has 31 heavy (non-hydrogen) atoms. The molecule has 0 aromatic heterocycles. The van der Waals surface area contributed by atoms with E-state index in [0.717, 1.165) is 0 Å². The molecule has 4 nitrogen and oxygen atoms in total. The van der Waals surface area contributed by atoms with E-state index in [9.17, 15) is 8.42 Å². The summed E-state index contributed by atoms with van der Waals surface area (Å²) < 4.78 is 21.6. The smallest absolute Gasteiger partial charge is 0.508 e. The zero-order valence-corrected chi connectivity index (χ0v) is 21.5. The largest absolute Gasteiger partial charge is 2.00 e. The van der Waals surface area contributed by atoms with E-state index in [1.54, 1.807) is 48.9 Å². The van der Waals surface area contributed by atoms with Gasteiger partial charge in [0.1, 0.15) is 11.5 Å². The summed E-state index contributed by atoms with van der Waals surface area (Å²) in [5.74, 6) is 0.320. The van der Waals surface area contributed by atoms with E-state index in [2.05, 4.69) is 0 Å². The van der Waals surface area contributed by atoms with E-state index in [1.165, 1.54) is 12.1 Å². The quantitative estimate of drug-likeness (QED) is 0.353. The van der Waals surface area contributed by atoms with Crippen molar-refractivity contribution in [2.45, 2.75) is 9.79 Å². The third-order valence-corrected chi connectivity index (χ3v) is 5.25. The Morgan fingerprint density at radius 2 is 0.935 bits per heavy atom. The zero-order valence-electron chi connectivity index (χ0n) is 17.4.